The lowest BCUT2D eigenvalue weighted by Crippen LogP contribution is -2.36. The standard InChI is InChI=1S/C19H17ClN4O5.ClH/c1-10-16(18(26)29-2)17(11-3-5-12(20)6-4-11)23-19(21-10)22-14-8-7-13(24(27)28)9-15(14)25;/h3-9,17,25H,1-2H3,(H2,21,22,23);1H. The number of rotatable bonds is 4. The van der Waals surface area contributed by atoms with Crippen LogP contribution >= 0.6 is 24.0 Å². The number of benzene rings is 2. The van der Waals surface area contributed by atoms with E-state index in [1.807, 2.05) is 0 Å². The summed E-state index contributed by atoms with van der Waals surface area (Å²) in [6, 6.07) is 9.85. The Morgan fingerprint density at radius 1 is 1.30 bits per heavy atom. The highest BCUT2D eigenvalue weighted by atomic mass is 35.5. The highest BCUT2D eigenvalue weighted by Gasteiger charge is 2.30. The van der Waals surface area contributed by atoms with Crippen molar-refractivity contribution in [2.24, 2.45) is 4.99 Å². The molecule has 2 aromatic rings. The number of nitrogens with zero attached hydrogens (tertiary/aromatic N) is 2. The van der Waals surface area contributed by atoms with Gasteiger partial charge in [0.15, 0.2) is 0 Å². The Morgan fingerprint density at radius 3 is 2.53 bits per heavy atom. The number of phenols is 1. The predicted octanol–water partition coefficient (Wildman–Crippen LogP) is 3.94. The van der Waals surface area contributed by atoms with Gasteiger partial charge in [0.25, 0.3) is 5.69 Å². The van der Waals surface area contributed by atoms with Crippen molar-refractivity contribution in [3.63, 3.8) is 0 Å². The van der Waals surface area contributed by atoms with Crippen molar-refractivity contribution in [1.29, 1.82) is 0 Å². The van der Waals surface area contributed by atoms with Crippen LogP contribution in [0.2, 0.25) is 5.02 Å². The lowest BCUT2D eigenvalue weighted by Gasteiger charge is -2.26. The number of guanidine groups is 1. The van der Waals surface area contributed by atoms with E-state index in [4.69, 9.17) is 16.3 Å². The zero-order chi connectivity index (χ0) is 21.1. The second-order valence-corrected chi connectivity index (χ2v) is 6.61. The van der Waals surface area contributed by atoms with Crippen LogP contribution in [-0.4, -0.2) is 29.1 Å². The van der Waals surface area contributed by atoms with Gasteiger partial charge in [0.2, 0.25) is 5.96 Å². The molecule has 0 saturated heterocycles. The van der Waals surface area contributed by atoms with E-state index in [0.29, 0.717) is 21.9 Å². The normalized spacial score (nSPS) is 15.4. The van der Waals surface area contributed by atoms with Crippen LogP contribution in [0.4, 0.5) is 11.4 Å². The molecule has 0 bridgehead atoms. The highest BCUT2D eigenvalue weighted by Crippen LogP contribution is 2.33. The van der Waals surface area contributed by atoms with Crippen molar-refractivity contribution >= 4 is 47.3 Å². The van der Waals surface area contributed by atoms with Crippen LogP contribution in [0.25, 0.3) is 0 Å². The molecule has 3 N–H and O–H groups in total. The average molecular weight is 453 g/mol. The predicted molar refractivity (Wildman–Crippen MR) is 115 cm³/mol. The average Bonchev–Trinajstić information content (AvgIpc) is 2.69. The molecular weight excluding hydrogens is 435 g/mol. The monoisotopic (exact) mass is 452 g/mol. The molecule has 0 aromatic heterocycles. The molecule has 0 radical (unpaired) electrons. The minimum absolute atomic E-state index is 0. The van der Waals surface area contributed by atoms with E-state index in [1.54, 1.807) is 31.2 Å². The van der Waals surface area contributed by atoms with Crippen LogP contribution in [0.3, 0.4) is 0 Å². The number of methoxy groups -OCH3 is 1. The number of anilines is 1. The summed E-state index contributed by atoms with van der Waals surface area (Å²) < 4.78 is 4.89. The van der Waals surface area contributed by atoms with Crippen molar-refractivity contribution < 1.29 is 19.6 Å². The summed E-state index contributed by atoms with van der Waals surface area (Å²) in [5, 5.41) is 27.3. The van der Waals surface area contributed by atoms with Gasteiger partial charge in [-0.3, -0.25) is 10.1 Å². The fourth-order valence-corrected chi connectivity index (χ4v) is 2.99. The number of non-ortho nitro benzene ring substituents is 1. The molecule has 3 rings (SSSR count). The van der Waals surface area contributed by atoms with Gasteiger partial charge in [-0.2, -0.15) is 0 Å². The molecule has 2 aromatic carbocycles. The van der Waals surface area contributed by atoms with E-state index < -0.39 is 16.9 Å². The van der Waals surface area contributed by atoms with E-state index >= 15 is 0 Å². The Hall–Kier alpha value is -3.30. The molecule has 0 fully saturated rings. The number of hydrogen-bond donors (Lipinski definition) is 3. The van der Waals surface area contributed by atoms with E-state index in [-0.39, 0.29) is 35.5 Å². The van der Waals surface area contributed by atoms with Crippen molar-refractivity contribution in [2.75, 3.05) is 12.4 Å². The maximum Gasteiger partial charge on any atom is 0.338 e. The maximum absolute atomic E-state index is 12.3. The second-order valence-electron chi connectivity index (χ2n) is 6.17. The minimum atomic E-state index is -0.677. The molecule has 1 aliphatic heterocycles. The Labute approximate surface area is 183 Å². The van der Waals surface area contributed by atoms with Crippen LogP contribution < -0.4 is 10.6 Å². The van der Waals surface area contributed by atoms with Gasteiger partial charge in [-0.15, -0.1) is 12.4 Å². The first-order valence-electron chi connectivity index (χ1n) is 8.44. The SMILES string of the molecule is COC(=O)C1=C(C)NC(Nc2ccc([N+](=O)[O-])cc2O)=NC1c1ccc(Cl)cc1.Cl. The molecule has 0 amide bonds. The lowest BCUT2D eigenvalue weighted by molar-refractivity contribution is -0.384. The van der Waals surface area contributed by atoms with Crippen LogP contribution in [0.1, 0.15) is 18.5 Å². The third-order valence-corrected chi connectivity index (χ3v) is 4.53. The Kier molecular flexibility index (Phi) is 7.25. The molecule has 1 heterocycles. The number of phenolic OH excluding ortho intramolecular Hbond substituents is 1. The van der Waals surface area contributed by atoms with E-state index in [0.717, 1.165) is 6.07 Å². The Balaban J connectivity index is 0.00000320. The van der Waals surface area contributed by atoms with Crippen molar-refractivity contribution in [3.05, 3.63) is 74.4 Å². The summed E-state index contributed by atoms with van der Waals surface area (Å²) in [6.07, 6.45) is 0. The number of esters is 1. The van der Waals surface area contributed by atoms with Gasteiger partial charge in [0, 0.05) is 16.8 Å². The summed E-state index contributed by atoms with van der Waals surface area (Å²) in [5.74, 6) is -0.595. The fourth-order valence-electron chi connectivity index (χ4n) is 2.87. The smallest absolute Gasteiger partial charge is 0.338 e. The number of allylic oxidation sites excluding steroid dienone is 1. The van der Waals surface area contributed by atoms with Gasteiger partial charge in [-0.1, -0.05) is 23.7 Å². The first-order chi connectivity index (χ1) is 13.8. The number of ether oxygens (including phenoxy) is 1. The van der Waals surface area contributed by atoms with Gasteiger partial charge in [-0.25, -0.2) is 9.79 Å². The van der Waals surface area contributed by atoms with E-state index in [1.165, 1.54) is 19.2 Å². The summed E-state index contributed by atoms with van der Waals surface area (Å²) in [5.41, 5.74) is 1.52. The molecule has 11 heteroatoms. The number of nitrogens with one attached hydrogen (secondary N) is 2. The number of nitro groups is 1. The van der Waals surface area contributed by atoms with Gasteiger partial charge < -0.3 is 20.5 Å². The number of halogens is 2. The second kappa shape index (κ2) is 9.47. The number of hydrogen-bond acceptors (Lipinski definition) is 8. The summed E-state index contributed by atoms with van der Waals surface area (Å²) in [7, 11) is 1.29. The molecule has 158 valence electrons. The fraction of sp³-hybridized carbons (Fsp3) is 0.158. The van der Waals surface area contributed by atoms with Crippen LogP contribution in [0.15, 0.2) is 58.7 Å². The zero-order valence-corrected chi connectivity index (χ0v) is 17.5. The number of carbonyl (C=O) groups is 1. The molecule has 0 aliphatic carbocycles. The molecule has 0 saturated carbocycles. The summed E-state index contributed by atoms with van der Waals surface area (Å²) in [6.45, 7) is 1.70. The number of nitro benzene ring substituents is 1. The number of carbonyl (C=O) groups excluding carboxylic acids is 1. The van der Waals surface area contributed by atoms with E-state index in [2.05, 4.69) is 15.6 Å². The molecule has 9 nitrogen and oxygen atoms in total. The minimum Gasteiger partial charge on any atom is -0.506 e. The largest absolute Gasteiger partial charge is 0.506 e. The van der Waals surface area contributed by atoms with Gasteiger partial charge >= 0.3 is 5.97 Å². The maximum atomic E-state index is 12.3. The van der Waals surface area contributed by atoms with Crippen molar-refractivity contribution in [1.82, 2.24) is 5.32 Å². The summed E-state index contributed by atoms with van der Waals surface area (Å²) >= 11 is 5.95. The third-order valence-electron chi connectivity index (χ3n) is 4.28. The van der Waals surface area contributed by atoms with Crippen LogP contribution in [0, 0.1) is 10.1 Å². The highest BCUT2D eigenvalue weighted by molar-refractivity contribution is 6.30. The first-order valence-corrected chi connectivity index (χ1v) is 8.81. The Morgan fingerprint density at radius 2 is 1.97 bits per heavy atom. The third kappa shape index (κ3) is 4.81. The van der Waals surface area contributed by atoms with E-state index in [9.17, 15) is 20.0 Å². The molecule has 30 heavy (non-hydrogen) atoms. The molecule has 0 spiro atoms. The zero-order valence-electron chi connectivity index (χ0n) is 15.9. The summed E-state index contributed by atoms with van der Waals surface area (Å²) in [4.78, 5) is 27.1. The molecule has 1 aliphatic rings. The molecule has 1 unspecified atom stereocenters. The van der Waals surface area contributed by atoms with Crippen molar-refractivity contribution in [3.8, 4) is 5.75 Å². The van der Waals surface area contributed by atoms with Gasteiger partial charge in [-0.05, 0) is 30.7 Å². The van der Waals surface area contributed by atoms with Crippen LogP contribution in [0.5, 0.6) is 5.75 Å². The topological polar surface area (TPSA) is 126 Å². The van der Waals surface area contributed by atoms with Crippen molar-refractivity contribution in [2.45, 2.75) is 13.0 Å². The molecule has 1 atom stereocenters. The molecular formula is C19H18Cl2N4O5. The first kappa shape index (κ1) is 23.0. The Bertz CT molecular complexity index is 1040. The quantitative estimate of drug-likeness (QED) is 0.277. The lowest BCUT2D eigenvalue weighted by atomic mass is 9.96. The number of aliphatic imine (C=N–C) groups is 1. The van der Waals surface area contributed by atoms with Gasteiger partial charge in [0.05, 0.1) is 29.4 Å². The number of aromatic hydroxyl groups is 1. The van der Waals surface area contributed by atoms with Crippen LogP contribution in [-0.2, 0) is 9.53 Å². The van der Waals surface area contributed by atoms with Gasteiger partial charge in [0.1, 0.15) is 11.8 Å².